The lowest BCUT2D eigenvalue weighted by Crippen LogP contribution is -2.24. The highest BCUT2D eigenvalue weighted by atomic mass is 16.6. The van der Waals surface area contributed by atoms with E-state index in [1.165, 1.54) is 12.3 Å². The van der Waals surface area contributed by atoms with E-state index in [-0.39, 0.29) is 18.2 Å². The molecule has 0 saturated heterocycles. The van der Waals surface area contributed by atoms with Crippen molar-refractivity contribution in [2.24, 2.45) is 5.73 Å². The van der Waals surface area contributed by atoms with E-state index < -0.39 is 10.8 Å². The molecule has 2 rings (SSSR count). The average molecular weight is 288 g/mol. The van der Waals surface area contributed by atoms with Crippen LogP contribution in [0.4, 0.5) is 11.4 Å². The number of non-ortho nitro benzene ring substituents is 1. The molecule has 1 atom stereocenters. The fourth-order valence-corrected chi connectivity index (χ4v) is 2.23. The highest BCUT2D eigenvalue weighted by molar-refractivity contribution is 5.99. The van der Waals surface area contributed by atoms with Gasteiger partial charge < -0.3 is 11.1 Å². The zero-order valence-electron chi connectivity index (χ0n) is 11.8. The van der Waals surface area contributed by atoms with E-state index in [0.717, 1.165) is 11.4 Å². The van der Waals surface area contributed by atoms with Crippen LogP contribution in [0.3, 0.4) is 0 Å². The number of aryl methyl sites for hydroxylation is 1. The molecule has 110 valence electrons. The van der Waals surface area contributed by atoms with Gasteiger partial charge in [0, 0.05) is 41.5 Å². The predicted octanol–water partition coefficient (Wildman–Crippen LogP) is 2.13. The molecule has 1 unspecified atom stereocenters. The van der Waals surface area contributed by atoms with Gasteiger partial charge in [-0.2, -0.15) is 0 Å². The van der Waals surface area contributed by atoms with Crippen molar-refractivity contribution in [2.45, 2.75) is 26.3 Å². The van der Waals surface area contributed by atoms with Gasteiger partial charge in [0.2, 0.25) is 5.91 Å². The number of nitrogens with zero attached hydrogens (tertiary/aromatic N) is 2. The van der Waals surface area contributed by atoms with Crippen molar-refractivity contribution < 1.29 is 9.72 Å². The largest absolute Gasteiger partial charge is 0.382 e. The van der Waals surface area contributed by atoms with Crippen molar-refractivity contribution in [2.75, 3.05) is 5.32 Å². The number of rotatable bonds is 5. The van der Waals surface area contributed by atoms with Crippen LogP contribution in [-0.4, -0.2) is 21.9 Å². The van der Waals surface area contributed by atoms with Gasteiger partial charge in [-0.15, -0.1) is 0 Å². The summed E-state index contributed by atoms with van der Waals surface area (Å²) < 4.78 is 0. The Balaban J connectivity index is 2.49. The molecule has 0 bridgehead atoms. The second-order valence-corrected chi connectivity index (χ2v) is 4.98. The highest BCUT2D eigenvalue weighted by Gasteiger charge is 2.16. The van der Waals surface area contributed by atoms with Crippen LogP contribution >= 0.6 is 0 Å². The lowest BCUT2D eigenvalue weighted by atomic mass is 10.1. The lowest BCUT2D eigenvalue weighted by molar-refractivity contribution is -0.383. The molecule has 0 aliphatic heterocycles. The number of aromatic nitrogens is 1. The molecule has 0 spiro atoms. The van der Waals surface area contributed by atoms with Gasteiger partial charge >= 0.3 is 0 Å². The van der Waals surface area contributed by atoms with E-state index in [0.29, 0.717) is 10.8 Å². The minimum absolute atomic E-state index is 0.00519. The van der Waals surface area contributed by atoms with E-state index in [9.17, 15) is 14.9 Å². The number of nitro benzene ring substituents is 1. The minimum Gasteiger partial charge on any atom is -0.382 e. The van der Waals surface area contributed by atoms with Gasteiger partial charge in [0.05, 0.1) is 10.3 Å². The Bertz CT molecular complexity index is 715. The maximum atomic E-state index is 11.1. The SMILES string of the molecule is Cc1cc2c(NC(C)CC(N)=O)ccc([N+](=O)[O-])c2cn1. The monoisotopic (exact) mass is 288 g/mol. The molecule has 0 aliphatic carbocycles. The number of nitro groups is 1. The van der Waals surface area contributed by atoms with Gasteiger partial charge in [0.25, 0.3) is 5.69 Å². The zero-order valence-corrected chi connectivity index (χ0v) is 11.8. The fourth-order valence-electron chi connectivity index (χ4n) is 2.23. The van der Waals surface area contributed by atoms with E-state index in [1.807, 2.05) is 13.8 Å². The van der Waals surface area contributed by atoms with Gasteiger partial charge in [-0.05, 0) is 26.0 Å². The molecule has 0 radical (unpaired) electrons. The maximum absolute atomic E-state index is 11.1. The Hall–Kier alpha value is -2.70. The molecule has 1 aromatic heterocycles. The summed E-state index contributed by atoms with van der Waals surface area (Å²) in [6.07, 6.45) is 1.68. The summed E-state index contributed by atoms with van der Waals surface area (Å²) in [4.78, 5) is 25.7. The van der Waals surface area contributed by atoms with Crippen molar-refractivity contribution in [1.29, 1.82) is 0 Å². The number of carbonyl (C=O) groups excluding carboxylic acids is 1. The molecule has 1 heterocycles. The molecule has 7 heteroatoms. The van der Waals surface area contributed by atoms with Crippen LogP contribution in [0.2, 0.25) is 0 Å². The quantitative estimate of drug-likeness (QED) is 0.646. The first-order valence-corrected chi connectivity index (χ1v) is 6.47. The number of carbonyl (C=O) groups is 1. The van der Waals surface area contributed by atoms with Crippen molar-refractivity contribution in [3.63, 3.8) is 0 Å². The number of hydrogen-bond acceptors (Lipinski definition) is 5. The van der Waals surface area contributed by atoms with Crippen LogP contribution in [-0.2, 0) is 4.79 Å². The van der Waals surface area contributed by atoms with E-state index in [2.05, 4.69) is 10.3 Å². The Morgan fingerprint density at radius 2 is 2.19 bits per heavy atom. The zero-order chi connectivity index (χ0) is 15.6. The Labute approximate surface area is 121 Å². The topological polar surface area (TPSA) is 111 Å². The number of benzene rings is 1. The average Bonchev–Trinajstić information content (AvgIpc) is 2.37. The number of pyridine rings is 1. The smallest absolute Gasteiger partial charge is 0.278 e. The third-order valence-electron chi connectivity index (χ3n) is 3.12. The van der Waals surface area contributed by atoms with E-state index >= 15 is 0 Å². The van der Waals surface area contributed by atoms with Crippen molar-refractivity contribution >= 4 is 28.1 Å². The van der Waals surface area contributed by atoms with E-state index in [1.54, 1.807) is 12.1 Å². The predicted molar refractivity (Wildman–Crippen MR) is 80.0 cm³/mol. The molecule has 3 N–H and O–H groups in total. The summed E-state index contributed by atoms with van der Waals surface area (Å²) in [7, 11) is 0. The Morgan fingerprint density at radius 3 is 2.81 bits per heavy atom. The number of nitrogens with two attached hydrogens (primary N) is 1. The molecule has 21 heavy (non-hydrogen) atoms. The van der Waals surface area contributed by atoms with Crippen molar-refractivity contribution in [3.8, 4) is 0 Å². The summed E-state index contributed by atoms with van der Waals surface area (Å²) in [5.74, 6) is -0.404. The first kappa shape index (κ1) is 14.7. The van der Waals surface area contributed by atoms with Gasteiger partial charge in [-0.3, -0.25) is 19.9 Å². The molecule has 2 aromatic rings. The standard InChI is InChI=1S/C14H16N4O3/c1-8-5-10-11(7-16-8)13(18(20)21)4-3-12(10)17-9(2)6-14(15)19/h3-5,7,9,17H,6H2,1-2H3,(H2,15,19). The number of nitrogens with one attached hydrogen (secondary N) is 1. The lowest BCUT2D eigenvalue weighted by Gasteiger charge is -2.15. The third kappa shape index (κ3) is 3.25. The van der Waals surface area contributed by atoms with Gasteiger partial charge in [0.15, 0.2) is 0 Å². The number of anilines is 1. The summed E-state index contributed by atoms with van der Waals surface area (Å²) in [5.41, 5.74) is 6.65. The molecule has 7 nitrogen and oxygen atoms in total. The second kappa shape index (κ2) is 5.74. The van der Waals surface area contributed by atoms with E-state index in [4.69, 9.17) is 5.73 Å². The summed E-state index contributed by atoms with van der Waals surface area (Å²) in [5, 5.41) is 15.4. The third-order valence-corrected chi connectivity index (χ3v) is 3.12. The normalized spacial score (nSPS) is 12.1. The highest BCUT2D eigenvalue weighted by Crippen LogP contribution is 2.31. The number of hydrogen-bond donors (Lipinski definition) is 2. The molecule has 1 aromatic carbocycles. The van der Waals surface area contributed by atoms with Crippen LogP contribution in [0, 0.1) is 17.0 Å². The van der Waals surface area contributed by atoms with Gasteiger partial charge in [0.1, 0.15) is 0 Å². The molecule has 0 aliphatic rings. The summed E-state index contributed by atoms with van der Waals surface area (Å²) in [6, 6.07) is 4.68. The van der Waals surface area contributed by atoms with Crippen LogP contribution in [0.25, 0.3) is 10.8 Å². The summed E-state index contributed by atoms with van der Waals surface area (Å²) >= 11 is 0. The van der Waals surface area contributed by atoms with Crippen molar-refractivity contribution in [1.82, 2.24) is 4.98 Å². The molecule has 0 saturated carbocycles. The Kier molecular flexibility index (Phi) is 4.02. The van der Waals surface area contributed by atoms with Gasteiger partial charge in [-0.1, -0.05) is 0 Å². The molecule has 1 amide bonds. The molecule has 0 fully saturated rings. The van der Waals surface area contributed by atoms with Crippen LogP contribution < -0.4 is 11.1 Å². The molecular weight excluding hydrogens is 272 g/mol. The van der Waals surface area contributed by atoms with Gasteiger partial charge in [-0.25, -0.2) is 0 Å². The van der Waals surface area contributed by atoms with Crippen LogP contribution in [0.1, 0.15) is 19.0 Å². The minimum atomic E-state index is -0.435. The fraction of sp³-hybridized carbons (Fsp3) is 0.286. The number of fused-ring (bicyclic) bond motifs is 1. The van der Waals surface area contributed by atoms with Crippen LogP contribution in [0.5, 0.6) is 0 Å². The van der Waals surface area contributed by atoms with Crippen molar-refractivity contribution in [3.05, 3.63) is 40.2 Å². The maximum Gasteiger partial charge on any atom is 0.278 e. The first-order chi connectivity index (χ1) is 9.88. The van der Waals surface area contributed by atoms with Crippen LogP contribution in [0.15, 0.2) is 24.4 Å². The second-order valence-electron chi connectivity index (χ2n) is 4.98. The number of amides is 1. The first-order valence-electron chi connectivity index (χ1n) is 6.47. The Morgan fingerprint density at radius 1 is 1.48 bits per heavy atom. The number of primary amides is 1. The molecular formula is C14H16N4O3. The summed E-state index contributed by atoms with van der Waals surface area (Å²) in [6.45, 7) is 3.64.